The quantitative estimate of drug-likeness (QED) is 0.876. The van der Waals surface area contributed by atoms with Crippen LogP contribution in [0.3, 0.4) is 0 Å². The van der Waals surface area contributed by atoms with Gasteiger partial charge in [-0.15, -0.1) is 0 Å². The molecule has 0 aliphatic carbocycles. The van der Waals surface area contributed by atoms with E-state index in [1.54, 1.807) is 0 Å². The number of nitrogens with zero attached hydrogens (tertiary/aromatic N) is 4. The lowest BCUT2D eigenvalue weighted by Gasteiger charge is -2.36. The van der Waals surface area contributed by atoms with Gasteiger partial charge in [0.25, 0.3) is 5.56 Å². The number of ether oxygens (including phenoxy) is 1. The Hall–Kier alpha value is -2.69. The summed E-state index contributed by atoms with van der Waals surface area (Å²) in [5, 5.41) is 8.94. The van der Waals surface area contributed by atoms with Gasteiger partial charge in [-0.3, -0.25) is 14.7 Å². The Morgan fingerprint density at radius 2 is 1.96 bits per heavy atom. The molecular weight excluding hydrogens is 354 g/mol. The molecule has 1 N–H and O–H groups in total. The third kappa shape index (κ3) is 3.93. The number of benzene rings is 1. The molecular formula is C21H25N5O2. The van der Waals surface area contributed by atoms with Crippen molar-refractivity contribution in [3.05, 3.63) is 57.0 Å². The van der Waals surface area contributed by atoms with Gasteiger partial charge in [0.1, 0.15) is 0 Å². The summed E-state index contributed by atoms with van der Waals surface area (Å²) >= 11 is 0. The first-order valence-corrected chi connectivity index (χ1v) is 9.75. The number of H-pyrrole nitrogens is 1. The highest BCUT2D eigenvalue weighted by atomic mass is 16.5. The number of morpholine rings is 1. The van der Waals surface area contributed by atoms with Crippen LogP contribution in [0.25, 0.3) is 0 Å². The van der Waals surface area contributed by atoms with Crippen LogP contribution in [0.1, 0.15) is 36.2 Å². The first-order chi connectivity index (χ1) is 13.5. The minimum atomic E-state index is -0.0233. The monoisotopic (exact) mass is 379 g/mol. The van der Waals surface area contributed by atoms with E-state index in [4.69, 9.17) is 15.0 Å². The molecule has 2 aliphatic rings. The van der Waals surface area contributed by atoms with Crippen molar-refractivity contribution in [2.45, 2.75) is 45.6 Å². The fourth-order valence-electron chi connectivity index (χ4n) is 4.06. The number of hydrogen-bond acceptors (Lipinski definition) is 6. The van der Waals surface area contributed by atoms with Crippen molar-refractivity contribution in [2.75, 3.05) is 24.5 Å². The van der Waals surface area contributed by atoms with Crippen LogP contribution in [0.4, 0.5) is 5.95 Å². The third-order valence-electron chi connectivity index (χ3n) is 5.35. The van der Waals surface area contributed by atoms with E-state index < -0.39 is 0 Å². The molecule has 1 aromatic heterocycles. The van der Waals surface area contributed by atoms with Gasteiger partial charge in [-0.25, -0.2) is 4.98 Å². The molecule has 1 aromatic carbocycles. The largest absolute Gasteiger partial charge is 0.372 e. The minimum absolute atomic E-state index is 0.0233. The second kappa shape index (κ2) is 7.74. The maximum absolute atomic E-state index is 12.6. The first kappa shape index (κ1) is 18.7. The molecule has 28 heavy (non-hydrogen) atoms. The van der Waals surface area contributed by atoms with Gasteiger partial charge in [0.2, 0.25) is 5.95 Å². The van der Waals surface area contributed by atoms with Crippen LogP contribution in [-0.4, -0.2) is 46.7 Å². The Morgan fingerprint density at radius 3 is 2.64 bits per heavy atom. The van der Waals surface area contributed by atoms with Crippen LogP contribution in [0.5, 0.6) is 0 Å². The molecule has 0 unspecified atom stereocenters. The lowest BCUT2D eigenvalue weighted by atomic mass is 10.1. The summed E-state index contributed by atoms with van der Waals surface area (Å²) < 4.78 is 5.79. The molecule has 7 heteroatoms. The molecule has 0 spiro atoms. The lowest BCUT2D eigenvalue weighted by Crippen LogP contribution is -2.47. The van der Waals surface area contributed by atoms with Crippen molar-refractivity contribution in [1.82, 2.24) is 14.9 Å². The maximum atomic E-state index is 12.6. The number of aromatic amines is 1. The van der Waals surface area contributed by atoms with E-state index in [2.05, 4.69) is 20.9 Å². The normalized spacial score (nSPS) is 22.5. The van der Waals surface area contributed by atoms with Crippen LogP contribution in [0.2, 0.25) is 0 Å². The van der Waals surface area contributed by atoms with Gasteiger partial charge < -0.3 is 9.64 Å². The molecule has 0 bridgehead atoms. The Bertz CT molecular complexity index is 937. The van der Waals surface area contributed by atoms with Crippen molar-refractivity contribution >= 4 is 5.95 Å². The van der Waals surface area contributed by atoms with E-state index in [1.165, 1.54) is 0 Å². The van der Waals surface area contributed by atoms with Crippen molar-refractivity contribution in [1.29, 1.82) is 5.26 Å². The van der Waals surface area contributed by atoms with Gasteiger partial charge in [-0.05, 0) is 38.0 Å². The Kier molecular flexibility index (Phi) is 5.16. The average molecular weight is 379 g/mol. The van der Waals surface area contributed by atoms with E-state index in [-0.39, 0.29) is 17.8 Å². The number of hydrogen-bond donors (Lipinski definition) is 1. The van der Waals surface area contributed by atoms with Crippen molar-refractivity contribution in [3.8, 4) is 6.07 Å². The minimum Gasteiger partial charge on any atom is -0.372 e. The van der Waals surface area contributed by atoms with Crippen LogP contribution in [0.15, 0.2) is 29.1 Å². The summed E-state index contributed by atoms with van der Waals surface area (Å²) in [6.45, 7) is 7.78. The molecule has 0 amide bonds. The van der Waals surface area contributed by atoms with E-state index in [0.29, 0.717) is 24.5 Å². The Morgan fingerprint density at radius 1 is 1.25 bits per heavy atom. The van der Waals surface area contributed by atoms with Crippen LogP contribution in [-0.2, 0) is 24.2 Å². The fraction of sp³-hybridized carbons (Fsp3) is 0.476. The third-order valence-corrected chi connectivity index (χ3v) is 5.35. The van der Waals surface area contributed by atoms with Gasteiger partial charge in [0, 0.05) is 38.3 Å². The van der Waals surface area contributed by atoms with E-state index in [9.17, 15) is 4.79 Å². The number of aromatic nitrogens is 2. The molecule has 4 rings (SSSR count). The molecule has 1 fully saturated rings. The lowest BCUT2D eigenvalue weighted by molar-refractivity contribution is -0.00576. The molecule has 3 heterocycles. The highest BCUT2D eigenvalue weighted by Crippen LogP contribution is 2.21. The number of anilines is 1. The molecule has 1 saturated heterocycles. The van der Waals surface area contributed by atoms with Gasteiger partial charge in [0.15, 0.2) is 0 Å². The summed E-state index contributed by atoms with van der Waals surface area (Å²) in [5.74, 6) is 0.644. The smallest absolute Gasteiger partial charge is 0.255 e. The number of nitriles is 1. The second-order valence-corrected chi connectivity index (χ2v) is 7.75. The standard InChI is InChI=1S/C21H25N5O2/c1-14-10-26(11-15(2)28-14)21-23-19-13-25(8-7-18(19)20(27)24-21)12-17-5-3-16(9-22)4-6-17/h3-6,14-15H,7-8,10-13H2,1-2H3,(H,23,24,27)/t14-,15-/m1/s1. The zero-order valence-electron chi connectivity index (χ0n) is 16.3. The van der Waals surface area contributed by atoms with Crippen molar-refractivity contribution < 1.29 is 4.74 Å². The van der Waals surface area contributed by atoms with Gasteiger partial charge >= 0.3 is 0 Å². The average Bonchev–Trinajstić information content (AvgIpc) is 2.67. The highest BCUT2D eigenvalue weighted by Gasteiger charge is 2.26. The summed E-state index contributed by atoms with van der Waals surface area (Å²) in [6, 6.07) is 9.80. The SMILES string of the molecule is C[C@@H]1CN(c2nc3c(c(=O)[nH]2)CCN(Cc2ccc(C#N)cc2)C3)C[C@@H](C)O1. The van der Waals surface area contributed by atoms with Gasteiger partial charge in [0.05, 0.1) is 29.5 Å². The van der Waals surface area contributed by atoms with E-state index in [0.717, 1.165) is 43.0 Å². The summed E-state index contributed by atoms with van der Waals surface area (Å²) in [5.41, 5.74) is 3.47. The van der Waals surface area contributed by atoms with Crippen molar-refractivity contribution in [3.63, 3.8) is 0 Å². The van der Waals surface area contributed by atoms with Crippen LogP contribution in [0, 0.1) is 11.3 Å². The molecule has 0 saturated carbocycles. The number of rotatable bonds is 3. The second-order valence-electron chi connectivity index (χ2n) is 7.75. The van der Waals surface area contributed by atoms with Gasteiger partial charge in [-0.2, -0.15) is 5.26 Å². The Balaban J connectivity index is 1.53. The predicted molar refractivity (Wildman–Crippen MR) is 106 cm³/mol. The highest BCUT2D eigenvalue weighted by molar-refractivity contribution is 5.36. The molecule has 0 radical (unpaired) electrons. The van der Waals surface area contributed by atoms with Gasteiger partial charge in [-0.1, -0.05) is 12.1 Å². The molecule has 2 aliphatic heterocycles. The molecule has 2 aromatic rings. The molecule has 2 atom stereocenters. The first-order valence-electron chi connectivity index (χ1n) is 9.75. The number of fused-ring (bicyclic) bond motifs is 1. The number of nitrogens with one attached hydrogen (secondary N) is 1. The van der Waals surface area contributed by atoms with Crippen LogP contribution >= 0.6 is 0 Å². The summed E-state index contributed by atoms with van der Waals surface area (Å²) in [7, 11) is 0. The summed E-state index contributed by atoms with van der Waals surface area (Å²) in [4.78, 5) is 24.8. The zero-order chi connectivity index (χ0) is 19.7. The Labute approximate surface area is 164 Å². The topological polar surface area (TPSA) is 85.3 Å². The zero-order valence-corrected chi connectivity index (χ0v) is 16.3. The fourth-order valence-corrected chi connectivity index (χ4v) is 4.06. The molecule has 7 nitrogen and oxygen atoms in total. The predicted octanol–water partition coefficient (Wildman–Crippen LogP) is 1.81. The van der Waals surface area contributed by atoms with Crippen LogP contribution < -0.4 is 10.5 Å². The van der Waals surface area contributed by atoms with E-state index in [1.807, 2.05) is 38.1 Å². The molecule has 146 valence electrons. The maximum Gasteiger partial charge on any atom is 0.255 e. The van der Waals surface area contributed by atoms with Crippen molar-refractivity contribution in [2.24, 2.45) is 0 Å². The summed E-state index contributed by atoms with van der Waals surface area (Å²) in [6.07, 6.45) is 0.917. The van der Waals surface area contributed by atoms with E-state index >= 15 is 0 Å².